The first kappa shape index (κ1) is 19.6. The SMILES string of the molecule is CCCn1c(SCC(=O)Nc2ccc(Br)cc2)nnc1-c1cccc(C)c1. The van der Waals surface area contributed by atoms with Crippen molar-refractivity contribution in [2.45, 2.75) is 32.0 Å². The Morgan fingerprint density at radius 2 is 1.96 bits per heavy atom. The standard InChI is InChI=1S/C20H21BrN4OS/c1-3-11-25-19(15-6-4-5-14(2)12-15)23-24-20(25)27-13-18(26)22-17-9-7-16(21)8-10-17/h4-10,12H,3,11,13H2,1-2H3,(H,22,26). The molecule has 3 rings (SSSR count). The van der Waals surface area contributed by atoms with Crippen molar-refractivity contribution in [3.63, 3.8) is 0 Å². The molecule has 7 heteroatoms. The number of amides is 1. The fourth-order valence-corrected chi connectivity index (χ4v) is 3.71. The summed E-state index contributed by atoms with van der Waals surface area (Å²) >= 11 is 4.79. The highest BCUT2D eigenvalue weighted by atomic mass is 79.9. The molecule has 0 aliphatic heterocycles. The van der Waals surface area contributed by atoms with Gasteiger partial charge in [-0.15, -0.1) is 10.2 Å². The second-order valence-corrected chi connectivity index (χ2v) is 8.03. The van der Waals surface area contributed by atoms with Gasteiger partial charge in [0.15, 0.2) is 11.0 Å². The molecule has 2 aromatic carbocycles. The summed E-state index contributed by atoms with van der Waals surface area (Å²) in [5, 5.41) is 12.4. The molecular formula is C20H21BrN4OS. The van der Waals surface area contributed by atoms with Gasteiger partial charge in [-0.25, -0.2) is 0 Å². The Balaban J connectivity index is 1.71. The Morgan fingerprint density at radius 1 is 1.19 bits per heavy atom. The van der Waals surface area contributed by atoms with Crippen LogP contribution in [-0.2, 0) is 11.3 Å². The van der Waals surface area contributed by atoms with Gasteiger partial charge in [0.25, 0.3) is 0 Å². The fraction of sp³-hybridized carbons (Fsp3) is 0.250. The zero-order chi connectivity index (χ0) is 19.2. The summed E-state index contributed by atoms with van der Waals surface area (Å²) in [5.41, 5.74) is 3.00. The lowest BCUT2D eigenvalue weighted by molar-refractivity contribution is -0.113. The molecule has 1 N–H and O–H groups in total. The summed E-state index contributed by atoms with van der Waals surface area (Å²) in [6.45, 7) is 4.99. The highest BCUT2D eigenvalue weighted by Gasteiger charge is 2.15. The molecule has 1 amide bonds. The zero-order valence-corrected chi connectivity index (χ0v) is 17.7. The van der Waals surface area contributed by atoms with Gasteiger partial charge in [0, 0.05) is 22.3 Å². The normalized spacial score (nSPS) is 10.8. The number of thioether (sulfide) groups is 1. The Hall–Kier alpha value is -2.12. The van der Waals surface area contributed by atoms with Gasteiger partial charge in [0.1, 0.15) is 0 Å². The van der Waals surface area contributed by atoms with Crippen molar-refractivity contribution in [2.75, 3.05) is 11.1 Å². The average Bonchev–Trinajstić information content (AvgIpc) is 3.05. The third-order valence-corrected chi connectivity index (χ3v) is 5.40. The maximum Gasteiger partial charge on any atom is 0.234 e. The second-order valence-electron chi connectivity index (χ2n) is 6.17. The molecule has 0 saturated heterocycles. The van der Waals surface area contributed by atoms with Gasteiger partial charge in [-0.3, -0.25) is 4.79 Å². The predicted octanol–water partition coefficient (Wildman–Crippen LogP) is 5.16. The van der Waals surface area contributed by atoms with Crippen molar-refractivity contribution in [1.29, 1.82) is 0 Å². The average molecular weight is 445 g/mol. The highest BCUT2D eigenvalue weighted by molar-refractivity contribution is 9.10. The molecule has 0 bridgehead atoms. The molecule has 0 saturated carbocycles. The van der Waals surface area contributed by atoms with E-state index in [-0.39, 0.29) is 11.7 Å². The van der Waals surface area contributed by atoms with Crippen LogP contribution in [0.25, 0.3) is 11.4 Å². The van der Waals surface area contributed by atoms with Gasteiger partial charge in [0.05, 0.1) is 5.75 Å². The number of carbonyl (C=O) groups excluding carboxylic acids is 1. The van der Waals surface area contributed by atoms with Crippen molar-refractivity contribution in [2.24, 2.45) is 0 Å². The van der Waals surface area contributed by atoms with Crippen LogP contribution in [0, 0.1) is 6.92 Å². The van der Waals surface area contributed by atoms with Gasteiger partial charge in [-0.2, -0.15) is 0 Å². The number of carbonyl (C=O) groups is 1. The van der Waals surface area contributed by atoms with E-state index in [2.05, 4.69) is 62.0 Å². The monoisotopic (exact) mass is 444 g/mol. The predicted molar refractivity (Wildman–Crippen MR) is 114 cm³/mol. The second kappa shape index (κ2) is 9.19. The van der Waals surface area contributed by atoms with E-state index in [1.165, 1.54) is 17.3 Å². The lowest BCUT2D eigenvalue weighted by Crippen LogP contribution is -2.14. The highest BCUT2D eigenvalue weighted by Crippen LogP contribution is 2.25. The molecular weight excluding hydrogens is 424 g/mol. The minimum Gasteiger partial charge on any atom is -0.325 e. The van der Waals surface area contributed by atoms with E-state index in [4.69, 9.17) is 0 Å². The summed E-state index contributed by atoms with van der Waals surface area (Å²) in [5.74, 6) is 1.06. The van der Waals surface area contributed by atoms with Crippen molar-refractivity contribution >= 4 is 39.3 Å². The minimum atomic E-state index is -0.0644. The maximum absolute atomic E-state index is 12.3. The van der Waals surface area contributed by atoms with E-state index >= 15 is 0 Å². The summed E-state index contributed by atoms with van der Waals surface area (Å²) in [7, 11) is 0. The lowest BCUT2D eigenvalue weighted by atomic mass is 10.1. The minimum absolute atomic E-state index is 0.0644. The molecule has 1 aromatic heterocycles. The Labute approximate surface area is 171 Å². The molecule has 0 radical (unpaired) electrons. The van der Waals surface area contributed by atoms with E-state index in [0.29, 0.717) is 0 Å². The van der Waals surface area contributed by atoms with Crippen LogP contribution >= 0.6 is 27.7 Å². The number of nitrogens with zero attached hydrogens (tertiary/aromatic N) is 3. The number of nitrogens with one attached hydrogen (secondary N) is 1. The van der Waals surface area contributed by atoms with Crippen molar-refractivity contribution < 1.29 is 4.79 Å². The molecule has 27 heavy (non-hydrogen) atoms. The molecule has 0 fully saturated rings. The summed E-state index contributed by atoms with van der Waals surface area (Å²) in [6.07, 6.45) is 0.968. The number of aromatic nitrogens is 3. The first-order valence-electron chi connectivity index (χ1n) is 8.75. The van der Waals surface area contributed by atoms with Crippen LogP contribution in [0.2, 0.25) is 0 Å². The van der Waals surface area contributed by atoms with Gasteiger partial charge in [0.2, 0.25) is 5.91 Å². The van der Waals surface area contributed by atoms with Crippen LogP contribution in [0.1, 0.15) is 18.9 Å². The van der Waals surface area contributed by atoms with Crippen molar-refractivity contribution in [1.82, 2.24) is 14.8 Å². The van der Waals surface area contributed by atoms with Gasteiger partial charge >= 0.3 is 0 Å². The van der Waals surface area contributed by atoms with Crippen LogP contribution in [0.15, 0.2) is 58.2 Å². The molecule has 1 heterocycles. The number of aryl methyl sites for hydroxylation is 1. The molecule has 0 aliphatic rings. The number of anilines is 1. The van der Waals surface area contributed by atoms with E-state index in [0.717, 1.165) is 39.7 Å². The molecule has 5 nitrogen and oxygen atoms in total. The molecule has 0 spiro atoms. The molecule has 0 unspecified atom stereocenters. The quantitative estimate of drug-likeness (QED) is 0.511. The van der Waals surface area contributed by atoms with Crippen LogP contribution in [0.3, 0.4) is 0 Å². The number of benzene rings is 2. The Bertz CT molecular complexity index is 924. The van der Waals surface area contributed by atoms with E-state index in [1.54, 1.807) is 0 Å². The van der Waals surface area contributed by atoms with Crippen LogP contribution < -0.4 is 5.32 Å². The third kappa shape index (κ3) is 5.20. The Kier molecular flexibility index (Phi) is 6.68. The van der Waals surface area contributed by atoms with Crippen LogP contribution in [0.5, 0.6) is 0 Å². The summed E-state index contributed by atoms with van der Waals surface area (Å²) in [4.78, 5) is 12.3. The summed E-state index contributed by atoms with van der Waals surface area (Å²) < 4.78 is 3.07. The largest absolute Gasteiger partial charge is 0.325 e. The number of hydrogen-bond donors (Lipinski definition) is 1. The number of halogens is 1. The van der Waals surface area contributed by atoms with E-state index in [1.807, 2.05) is 36.4 Å². The van der Waals surface area contributed by atoms with Crippen molar-refractivity contribution in [3.05, 3.63) is 58.6 Å². The third-order valence-electron chi connectivity index (χ3n) is 3.90. The zero-order valence-electron chi connectivity index (χ0n) is 15.3. The Morgan fingerprint density at radius 3 is 2.67 bits per heavy atom. The molecule has 0 aliphatic carbocycles. The van der Waals surface area contributed by atoms with E-state index in [9.17, 15) is 4.79 Å². The number of rotatable bonds is 7. The van der Waals surface area contributed by atoms with E-state index < -0.39 is 0 Å². The smallest absolute Gasteiger partial charge is 0.234 e. The topological polar surface area (TPSA) is 59.8 Å². The first-order chi connectivity index (χ1) is 13.1. The van der Waals surface area contributed by atoms with Crippen LogP contribution in [0.4, 0.5) is 5.69 Å². The molecule has 0 atom stereocenters. The fourth-order valence-electron chi connectivity index (χ4n) is 2.68. The molecule has 3 aromatic rings. The first-order valence-corrected chi connectivity index (χ1v) is 10.5. The molecule has 140 valence electrons. The van der Waals surface area contributed by atoms with Gasteiger partial charge in [-0.1, -0.05) is 58.4 Å². The van der Waals surface area contributed by atoms with Crippen molar-refractivity contribution in [3.8, 4) is 11.4 Å². The number of hydrogen-bond acceptors (Lipinski definition) is 4. The van der Waals surface area contributed by atoms with Gasteiger partial charge in [-0.05, 0) is 43.7 Å². The summed E-state index contributed by atoms with van der Waals surface area (Å²) in [6, 6.07) is 15.7. The lowest BCUT2D eigenvalue weighted by Gasteiger charge is -2.09. The van der Waals surface area contributed by atoms with Crippen LogP contribution in [-0.4, -0.2) is 26.4 Å². The maximum atomic E-state index is 12.3. The van der Waals surface area contributed by atoms with Gasteiger partial charge < -0.3 is 9.88 Å².